The standard InChI is InChI=1S/C18H16ClF3N6OS/c1-26-9-11(7-24-26)16-25-14(10-30-16)17(29)28-4-2-27(3-5-28)15-13(19)6-12(8-23-15)18(20,21)22/h6-10H,2-5H2,1H3. The van der Waals surface area contributed by atoms with E-state index < -0.39 is 11.7 Å². The van der Waals surface area contributed by atoms with E-state index in [2.05, 4.69) is 15.1 Å². The largest absolute Gasteiger partial charge is 0.417 e. The summed E-state index contributed by atoms with van der Waals surface area (Å²) in [6, 6.07) is 0.872. The quantitative estimate of drug-likeness (QED) is 0.602. The van der Waals surface area contributed by atoms with Crippen molar-refractivity contribution in [3.63, 3.8) is 0 Å². The first-order valence-corrected chi connectivity index (χ1v) is 10.2. The van der Waals surface area contributed by atoms with Crippen LogP contribution in [0.25, 0.3) is 10.6 Å². The molecule has 1 aliphatic heterocycles. The monoisotopic (exact) mass is 456 g/mol. The number of alkyl halides is 3. The van der Waals surface area contributed by atoms with Gasteiger partial charge in [-0.2, -0.15) is 18.3 Å². The van der Waals surface area contributed by atoms with Crippen LogP contribution in [0.4, 0.5) is 19.0 Å². The molecule has 158 valence electrons. The van der Waals surface area contributed by atoms with E-state index in [0.29, 0.717) is 36.9 Å². The summed E-state index contributed by atoms with van der Waals surface area (Å²) in [7, 11) is 1.81. The third-order valence-electron chi connectivity index (χ3n) is 4.69. The Morgan fingerprint density at radius 2 is 1.93 bits per heavy atom. The molecule has 1 saturated heterocycles. The van der Waals surface area contributed by atoms with Gasteiger partial charge in [-0.1, -0.05) is 11.6 Å². The zero-order valence-corrected chi connectivity index (χ0v) is 17.3. The first kappa shape index (κ1) is 20.6. The van der Waals surface area contributed by atoms with Crippen LogP contribution in [0.2, 0.25) is 5.02 Å². The Kier molecular flexibility index (Phi) is 5.41. The van der Waals surface area contributed by atoms with Crippen molar-refractivity contribution in [1.29, 1.82) is 0 Å². The average Bonchev–Trinajstić information content (AvgIpc) is 3.36. The summed E-state index contributed by atoms with van der Waals surface area (Å²) < 4.78 is 40.0. The normalized spacial score (nSPS) is 15.0. The minimum atomic E-state index is -4.50. The molecule has 0 spiro atoms. The minimum Gasteiger partial charge on any atom is -0.352 e. The molecule has 30 heavy (non-hydrogen) atoms. The number of piperazine rings is 1. The molecule has 3 aromatic rings. The van der Waals surface area contributed by atoms with Gasteiger partial charge in [-0.05, 0) is 6.07 Å². The Bertz CT molecular complexity index is 1070. The van der Waals surface area contributed by atoms with Crippen molar-refractivity contribution in [2.45, 2.75) is 6.18 Å². The highest BCUT2D eigenvalue weighted by Gasteiger charge is 2.32. The number of carbonyl (C=O) groups excluding carboxylic acids is 1. The Labute approximate surface area is 178 Å². The number of rotatable bonds is 3. The van der Waals surface area contributed by atoms with Gasteiger partial charge in [-0.25, -0.2) is 9.97 Å². The molecule has 0 atom stereocenters. The molecule has 0 saturated carbocycles. The van der Waals surface area contributed by atoms with Crippen LogP contribution in [0.5, 0.6) is 0 Å². The van der Waals surface area contributed by atoms with E-state index in [4.69, 9.17) is 11.6 Å². The molecule has 4 heterocycles. The molecule has 7 nitrogen and oxygen atoms in total. The number of halogens is 4. The van der Waals surface area contributed by atoms with E-state index in [1.54, 1.807) is 33.1 Å². The molecule has 0 radical (unpaired) electrons. The Morgan fingerprint density at radius 3 is 2.53 bits per heavy atom. The van der Waals surface area contributed by atoms with Crippen molar-refractivity contribution in [2.75, 3.05) is 31.1 Å². The minimum absolute atomic E-state index is 0.0646. The molecule has 1 fully saturated rings. The van der Waals surface area contributed by atoms with Gasteiger partial charge in [-0.15, -0.1) is 11.3 Å². The zero-order valence-electron chi connectivity index (χ0n) is 15.7. The maximum Gasteiger partial charge on any atom is 0.417 e. The van der Waals surface area contributed by atoms with Gasteiger partial charge in [0.15, 0.2) is 0 Å². The summed E-state index contributed by atoms with van der Waals surface area (Å²) in [6.07, 6.45) is -0.213. The van der Waals surface area contributed by atoms with Gasteiger partial charge < -0.3 is 9.80 Å². The highest BCUT2D eigenvalue weighted by molar-refractivity contribution is 7.13. The fourth-order valence-corrected chi connectivity index (χ4v) is 4.19. The van der Waals surface area contributed by atoms with Crippen molar-refractivity contribution in [2.24, 2.45) is 7.05 Å². The van der Waals surface area contributed by atoms with Crippen molar-refractivity contribution in [3.8, 4) is 10.6 Å². The van der Waals surface area contributed by atoms with E-state index in [-0.39, 0.29) is 16.7 Å². The van der Waals surface area contributed by atoms with E-state index in [9.17, 15) is 18.0 Å². The van der Waals surface area contributed by atoms with Gasteiger partial charge in [-0.3, -0.25) is 9.48 Å². The third kappa shape index (κ3) is 4.12. The third-order valence-corrected chi connectivity index (χ3v) is 5.86. The summed E-state index contributed by atoms with van der Waals surface area (Å²) in [5, 5.41) is 6.47. The highest BCUT2D eigenvalue weighted by atomic mass is 35.5. The fraction of sp³-hybridized carbons (Fsp3) is 0.333. The summed E-state index contributed by atoms with van der Waals surface area (Å²) in [6.45, 7) is 1.59. The summed E-state index contributed by atoms with van der Waals surface area (Å²) >= 11 is 7.40. The molecule has 0 N–H and O–H groups in total. The Balaban J connectivity index is 1.41. The number of pyridine rings is 1. The highest BCUT2D eigenvalue weighted by Crippen LogP contribution is 2.34. The first-order valence-electron chi connectivity index (χ1n) is 8.94. The van der Waals surface area contributed by atoms with Gasteiger partial charge in [0.05, 0.1) is 16.8 Å². The lowest BCUT2D eigenvalue weighted by molar-refractivity contribution is -0.137. The van der Waals surface area contributed by atoms with Crippen LogP contribution in [-0.2, 0) is 13.2 Å². The molecule has 0 bridgehead atoms. The SMILES string of the molecule is Cn1cc(-c2nc(C(=O)N3CCN(c4ncc(C(F)(F)F)cc4Cl)CC3)cs2)cn1. The molecule has 0 unspecified atom stereocenters. The number of aromatic nitrogens is 4. The van der Waals surface area contributed by atoms with Gasteiger partial charge >= 0.3 is 6.18 Å². The van der Waals surface area contributed by atoms with Gasteiger partial charge in [0.25, 0.3) is 5.91 Å². The molecule has 4 rings (SSSR count). The van der Waals surface area contributed by atoms with E-state index in [1.807, 2.05) is 6.20 Å². The summed E-state index contributed by atoms with van der Waals surface area (Å²) in [5.41, 5.74) is 0.311. The summed E-state index contributed by atoms with van der Waals surface area (Å²) in [4.78, 5) is 24.5. The summed E-state index contributed by atoms with van der Waals surface area (Å²) in [5.74, 6) is 0.0943. The molecule has 1 amide bonds. The Hall–Kier alpha value is -2.66. The predicted molar refractivity (Wildman–Crippen MR) is 107 cm³/mol. The number of thiazole rings is 1. The van der Waals surface area contributed by atoms with Crippen LogP contribution in [0.15, 0.2) is 30.0 Å². The average molecular weight is 457 g/mol. The van der Waals surface area contributed by atoms with E-state index in [1.165, 1.54) is 11.3 Å². The van der Waals surface area contributed by atoms with Crippen LogP contribution in [0.1, 0.15) is 16.1 Å². The van der Waals surface area contributed by atoms with Gasteiger partial charge in [0.1, 0.15) is 16.5 Å². The number of nitrogens with zero attached hydrogens (tertiary/aromatic N) is 6. The fourth-order valence-electron chi connectivity index (χ4n) is 3.14. The van der Waals surface area contributed by atoms with Gasteiger partial charge in [0.2, 0.25) is 0 Å². The topological polar surface area (TPSA) is 67.2 Å². The van der Waals surface area contributed by atoms with Crippen molar-refractivity contribution in [1.82, 2.24) is 24.6 Å². The molecule has 3 aromatic heterocycles. The second kappa shape index (κ2) is 7.88. The maximum absolute atomic E-state index is 12.8. The second-order valence-electron chi connectivity index (χ2n) is 6.75. The number of anilines is 1. The number of hydrogen-bond acceptors (Lipinski definition) is 6. The van der Waals surface area contributed by atoms with E-state index in [0.717, 1.165) is 17.8 Å². The van der Waals surface area contributed by atoms with Crippen LogP contribution in [0, 0.1) is 0 Å². The number of aryl methyl sites for hydroxylation is 1. The van der Waals surface area contributed by atoms with Crippen molar-refractivity contribution in [3.05, 3.63) is 46.3 Å². The first-order chi connectivity index (χ1) is 14.2. The zero-order chi connectivity index (χ0) is 21.5. The molecule has 0 aliphatic carbocycles. The van der Waals surface area contributed by atoms with Crippen molar-refractivity contribution < 1.29 is 18.0 Å². The lowest BCUT2D eigenvalue weighted by atomic mass is 10.2. The smallest absolute Gasteiger partial charge is 0.352 e. The predicted octanol–water partition coefficient (Wildman–Crippen LogP) is 3.57. The van der Waals surface area contributed by atoms with Crippen LogP contribution >= 0.6 is 22.9 Å². The number of carbonyl (C=O) groups is 1. The van der Waals surface area contributed by atoms with Gasteiger partial charge in [0, 0.05) is 56.6 Å². The lowest BCUT2D eigenvalue weighted by Gasteiger charge is -2.35. The van der Waals surface area contributed by atoms with Crippen LogP contribution in [-0.4, -0.2) is 56.7 Å². The molecule has 12 heteroatoms. The second-order valence-corrected chi connectivity index (χ2v) is 8.01. The molecular weight excluding hydrogens is 441 g/mol. The molecular formula is C18H16ClF3N6OS. The maximum atomic E-state index is 12.8. The van der Waals surface area contributed by atoms with E-state index >= 15 is 0 Å². The molecule has 0 aromatic carbocycles. The lowest BCUT2D eigenvalue weighted by Crippen LogP contribution is -2.49. The number of amides is 1. The van der Waals surface area contributed by atoms with Crippen molar-refractivity contribution >= 4 is 34.7 Å². The number of hydrogen-bond donors (Lipinski definition) is 0. The molecule has 1 aliphatic rings. The Morgan fingerprint density at radius 1 is 1.20 bits per heavy atom. The van der Waals surface area contributed by atoms with Crippen LogP contribution in [0.3, 0.4) is 0 Å². The van der Waals surface area contributed by atoms with Crippen LogP contribution < -0.4 is 4.90 Å².